The molecule has 21 heavy (non-hydrogen) atoms. The highest BCUT2D eigenvalue weighted by atomic mass is 15.0. The van der Waals surface area contributed by atoms with Crippen molar-refractivity contribution < 1.29 is 0 Å². The summed E-state index contributed by atoms with van der Waals surface area (Å²) in [6, 6.07) is 12.6. The highest BCUT2D eigenvalue weighted by molar-refractivity contribution is 5.82. The maximum atomic E-state index is 9.39. The van der Waals surface area contributed by atoms with Crippen LogP contribution in [0.25, 0.3) is 10.9 Å². The lowest BCUT2D eigenvalue weighted by atomic mass is 9.93. The van der Waals surface area contributed by atoms with E-state index in [1.807, 2.05) is 30.3 Å². The number of nitrogens with one attached hydrogen (secondary N) is 1. The first-order valence-electron chi connectivity index (χ1n) is 7.79. The standard InChI is InChI=1S/C18H21N3/c1-3-13-8-9-16(12(13)2)20-18-15(11-19)10-14-6-4-5-7-17(14)21-18/h4-7,10,12-13,16H,3,8-9H2,1-2H3,(H,20,21). The number of hydrogen-bond donors (Lipinski definition) is 1. The quantitative estimate of drug-likeness (QED) is 0.909. The number of hydrogen-bond acceptors (Lipinski definition) is 3. The Hall–Kier alpha value is -2.08. The van der Waals surface area contributed by atoms with Gasteiger partial charge in [-0.25, -0.2) is 4.98 Å². The number of pyridine rings is 1. The van der Waals surface area contributed by atoms with Crippen LogP contribution in [-0.4, -0.2) is 11.0 Å². The maximum Gasteiger partial charge on any atom is 0.144 e. The summed E-state index contributed by atoms with van der Waals surface area (Å²) >= 11 is 0. The molecule has 1 aromatic heterocycles. The Morgan fingerprint density at radius 2 is 2.14 bits per heavy atom. The average Bonchev–Trinajstić information content (AvgIpc) is 2.87. The molecule has 108 valence electrons. The van der Waals surface area contributed by atoms with Gasteiger partial charge in [0.1, 0.15) is 11.9 Å². The number of nitrogens with zero attached hydrogens (tertiary/aromatic N) is 2. The number of benzene rings is 1. The summed E-state index contributed by atoms with van der Waals surface area (Å²) in [6.07, 6.45) is 3.67. The molecule has 1 aliphatic carbocycles. The molecule has 1 aromatic carbocycles. The monoisotopic (exact) mass is 279 g/mol. The van der Waals surface area contributed by atoms with Gasteiger partial charge in [-0.05, 0) is 36.8 Å². The first-order valence-corrected chi connectivity index (χ1v) is 7.79. The van der Waals surface area contributed by atoms with Gasteiger partial charge in [0.25, 0.3) is 0 Å². The molecule has 1 fully saturated rings. The predicted molar refractivity (Wildman–Crippen MR) is 86.0 cm³/mol. The largest absolute Gasteiger partial charge is 0.366 e. The number of fused-ring (bicyclic) bond motifs is 1. The van der Waals surface area contributed by atoms with Crippen LogP contribution in [0.3, 0.4) is 0 Å². The van der Waals surface area contributed by atoms with Crippen LogP contribution < -0.4 is 5.32 Å². The van der Waals surface area contributed by atoms with E-state index in [0.29, 0.717) is 17.5 Å². The first-order chi connectivity index (χ1) is 10.2. The van der Waals surface area contributed by atoms with Gasteiger partial charge in [-0.3, -0.25) is 0 Å². The normalized spacial score (nSPS) is 24.9. The lowest BCUT2D eigenvalue weighted by Gasteiger charge is -2.22. The van der Waals surface area contributed by atoms with Crippen molar-refractivity contribution in [1.82, 2.24) is 4.98 Å². The Bertz CT molecular complexity index is 686. The number of nitriles is 1. The Morgan fingerprint density at radius 3 is 2.86 bits per heavy atom. The minimum atomic E-state index is 0.427. The van der Waals surface area contributed by atoms with E-state index >= 15 is 0 Å². The van der Waals surface area contributed by atoms with Crippen molar-refractivity contribution in [2.75, 3.05) is 5.32 Å². The highest BCUT2D eigenvalue weighted by Gasteiger charge is 2.32. The van der Waals surface area contributed by atoms with E-state index in [4.69, 9.17) is 0 Å². The van der Waals surface area contributed by atoms with Crippen LogP contribution in [0.5, 0.6) is 0 Å². The lowest BCUT2D eigenvalue weighted by Crippen LogP contribution is -2.25. The third kappa shape index (κ3) is 2.58. The SMILES string of the molecule is CCC1CCC(Nc2nc3ccccc3cc2C#N)C1C. The van der Waals surface area contributed by atoms with Gasteiger partial charge >= 0.3 is 0 Å². The minimum Gasteiger partial charge on any atom is -0.366 e. The van der Waals surface area contributed by atoms with Crippen LogP contribution in [0.2, 0.25) is 0 Å². The summed E-state index contributed by atoms with van der Waals surface area (Å²) in [7, 11) is 0. The van der Waals surface area contributed by atoms with Gasteiger partial charge in [0.2, 0.25) is 0 Å². The zero-order chi connectivity index (χ0) is 14.8. The van der Waals surface area contributed by atoms with Crippen molar-refractivity contribution >= 4 is 16.7 Å². The Labute approximate surface area is 126 Å². The molecule has 1 N–H and O–H groups in total. The molecule has 3 heteroatoms. The van der Waals surface area contributed by atoms with Gasteiger partial charge in [-0.15, -0.1) is 0 Å². The van der Waals surface area contributed by atoms with Crippen molar-refractivity contribution in [3.05, 3.63) is 35.9 Å². The number of para-hydroxylation sites is 1. The molecular weight excluding hydrogens is 258 g/mol. The molecule has 1 saturated carbocycles. The van der Waals surface area contributed by atoms with Gasteiger partial charge in [-0.2, -0.15) is 5.26 Å². The third-order valence-corrected chi connectivity index (χ3v) is 4.92. The molecule has 2 aromatic rings. The molecule has 3 rings (SSSR count). The van der Waals surface area contributed by atoms with Crippen molar-refractivity contribution in [2.45, 2.75) is 39.2 Å². The molecule has 0 radical (unpaired) electrons. The second-order valence-corrected chi connectivity index (χ2v) is 6.04. The van der Waals surface area contributed by atoms with Gasteiger partial charge in [-0.1, -0.05) is 38.5 Å². The molecule has 0 amide bonds. The van der Waals surface area contributed by atoms with Gasteiger partial charge in [0, 0.05) is 11.4 Å². The summed E-state index contributed by atoms with van der Waals surface area (Å²) < 4.78 is 0. The third-order valence-electron chi connectivity index (χ3n) is 4.92. The summed E-state index contributed by atoms with van der Waals surface area (Å²) in [5.41, 5.74) is 1.58. The second-order valence-electron chi connectivity index (χ2n) is 6.04. The topological polar surface area (TPSA) is 48.7 Å². The van der Waals surface area contributed by atoms with E-state index in [1.54, 1.807) is 0 Å². The number of anilines is 1. The molecule has 1 heterocycles. The fraction of sp³-hybridized carbons (Fsp3) is 0.444. The Kier molecular flexibility index (Phi) is 3.79. The van der Waals surface area contributed by atoms with Crippen LogP contribution in [0, 0.1) is 23.2 Å². The molecule has 3 unspecified atom stereocenters. The molecule has 1 aliphatic rings. The van der Waals surface area contributed by atoms with E-state index in [2.05, 4.69) is 30.2 Å². The van der Waals surface area contributed by atoms with E-state index in [-0.39, 0.29) is 0 Å². The highest BCUT2D eigenvalue weighted by Crippen LogP contribution is 2.36. The van der Waals surface area contributed by atoms with Gasteiger partial charge in [0.15, 0.2) is 0 Å². The summed E-state index contributed by atoms with van der Waals surface area (Å²) in [4.78, 5) is 4.66. The van der Waals surface area contributed by atoms with Crippen LogP contribution >= 0.6 is 0 Å². The Balaban J connectivity index is 1.92. The average molecular weight is 279 g/mol. The molecular formula is C18H21N3. The zero-order valence-electron chi connectivity index (χ0n) is 12.6. The van der Waals surface area contributed by atoms with Crippen LogP contribution in [0.4, 0.5) is 5.82 Å². The van der Waals surface area contributed by atoms with Crippen molar-refractivity contribution in [2.24, 2.45) is 11.8 Å². The number of rotatable bonds is 3. The molecule has 0 aliphatic heterocycles. The van der Waals surface area contributed by atoms with E-state index < -0.39 is 0 Å². The molecule has 0 saturated heterocycles. The van der Waals surface area contributed by atoms with Crippen molar-refractivity contribution in [1.29, 1.82) is 5.26 Å². The molecule has 3 atom stereocenters. The van der Waals surface area contributed by atoms with Crippen LogP contribution in [-0.2, 0) is 0 Å². The molecule has 0 bridgehead atoms. The maximum absolute atomic E-state index is 9.39. The number of aromatic nitrogens is 1. The predicted octanol–water partition coefficient (Wildman–Crippen LogP) is 4.34. The molecule has 3 nitrogen and oxygen atoms in total. The Morgan fingerprint density at radius 1 is 1.33 bits per heavy atom. The van der Waals surface area contributed by atoms with Gasteiger partial charge in [0.05, 0.1) is 11.1 Å². The lowest BCUT2D eigenvalue weighted by molar-refractivity contribution is 0.391. The fourth-order valence-electron chi connectivity index (χ4n) is 3.51. The molecule has 0 spiro atoms. The summed E-state index contributed by atoms with van der Waals surface area (Å²) in [5, 5.41) is 13.9. The summed E-state index contributed by atoms with van der Waals surface area (Å²) in [6.45, 7) is 4.57. The second kappa shape index (κ2) is 5.73. The van der Waals surface area contributed by atoms with Crippen molar-refractivity contribution in [3.8, 4) is 6.07 Å². The van der Waals surface area contributed by atoms with E-state index in [9.17, 15) is 5.26 Å². The van der Waals surface area contributed by atoms with Crippen LogP contribution in [0.15, 0.2) is 30.3 Å². The zero-order valence-corrected chi connectivity index (χ0v) is 12.6. The summed E-state index contributed by atoms with van der Waals surface area (Å²) in [5.74, 6) is 2.16. The van der Waals surface area contributed by atoms with Gasteiger partial charge < -0.3 is 5.32 Å². The minimum absolute atomic E-state index is 0.427. The van der Waals surface area contributed by atoms with E-state index in [1.165, 1.54) is 19.3 Å². The van der Waals surface area contributed by atoms with Crippen molar-refractivity contribution in [3.63, 3.8) is 0 Å². The first kappa shape index (κ1) is 13.9. The van der Waals surface area contributed by atoms with Crippen LogP contribution in [0.1, 0.15) is 38.7 Å². The fourth-order valence-corrected chi connectivity index (χ4v) is 3.51. The van der Waals surface area contributed by atoms with E-state index in [0.717, 1.165) is 22.6 Å². The smallest absolute Gasteiger partial charge is 0.144 e.